The fourth-order valence-corrected chi connectivity index (χ4v) is 2.86. The van der Waals surface area contributed by atoms with Gasteiger partial charge in [-0.25, -0.2) is 9.97 Å². The van der Waals surface area contributed by atoms with E-state index in [-0.39, 0.29) is 6.10 Å². The van der Waals surface area contributed by atoms with Gasteiger partial charge >= 0.3 is 0 Å². The number of hydrogen-bond acceptors (Lipinski definition) is 5. The lowest BCUT2D eigenvalue weighted by atomic mass is 10.1. The third-order valence-electron chi connectivity index (χ3n) is 2.94. The minimum Gasteiger partial charge on any atom is -0.384 e. The summed E-state index contributed by atoms with van der Waals surface area (Å²) < 4.78 is 5.71. The maximum atomic E-state index is 5.89. The molecular weight excluding hydrogens is 258 g/mol. The lowest BCUT2D eigenvalue weighted by Gasteiger charge is -2.21. The van der Waals surface area contributed by atoms with Crippen molar-refractivity contribution in [1.29, 1.82) is 0 Å². The fraction of sp³-hybridized carbons (Fsp3) is 0.286. The lowest BCUT2D eigenvalue weighted by molar-refractivity contribution is 0.0696. The third-order valence-corrected chi connectivity index (χ3v) is 3.93. The van der Waals surface area contributed by atoms with Gasteiger partial charge in [-0.2, -0.15) is 11.8 Å². The van der Waals surface area contributed by atoms with Gasteiger partial charge in [0, 0.05) is 23.1 Å². The SMILES string of the molecule is Nc1cc(-c2ccccc2)nc(C2CSCCO2)n1. The van der Waals surface area contributed by atoms with E-state index in [4.69, 9.17) is 10.5 Å². The van der Waals surface area contributed by atoms with Gasteiger partial charge in [0.05, 0.1) is 12.3 Å². The number of hydrogen-bond donors (Lipinski definition) is 1. The van der Waals surface area contributed by atoms with Crippen LogP contribution in [0.1, 0.15) is 11.9 Å². The van der Waals surface area contributed by atoms with Crippen LogP contribution in [-0.2, 0) is 4.74 Å². The number of thioether (sulfide) groups is 1. The Kier molecular flexibility index (Phi) is 3.66. The Morgan fingerprint density at radius 1 is 1.21 bits per heavy atom. The van der Waals surface area contributed by atoms with Crippen molar-refractivity contribution in [2.24, 2.45) is 0 Å². The normalized spacial score (nSPS) is 19.3. The first-order chi connectivity index (χ1) is 9.33. The van der Waals surface area contributed by atoms with E-state index in [1.54, 1.807) is 6.07 Å². The highest BCUT2D eigenvalue weighted by Crippen LogP contribution is 2.27. The van der Waals surface area contributed by atoms with Crippen molar-refractivity contribution >= 4 is 17.6 Å². The van der Waals surface area contributed by atoms with Crippen LogP contribution in [0.25, 0.3) is 11.3 Å². The molecule has 5 heteroatoms. The maximum absolute atomic E-state index is 5.89. The topological polar surface area (TPSA) is 61.0 Å². The number of aromatic nitrogens is 2. The molecule has 0 amide bonds. The van der Waals surface area contributed by atoms with Crippen LogP contribution in [0.4, 0.5) is 5.82 Å². The van der Waals surface area contributed by atoms with Crippen molar-refractivity contribution in [3.8, 4) is 11.3 Å². The molecule has 1 aromatic heterocycles. The van der Waals surface area contributed by atoms with Gasteiger partial charge in [0.15, 0.2) is 5.82 Å². The van der Waals surface area contributed by atoms with Gasteiger partial charge in [0.25, 0.3) is 0 Å². The van der Waals surface area contributed by atoms with Crippen LogP contribution < -0.4 is 5.73 Å². The van der Waals surface area contributed by atoms with E-state index in [1.165, 1.54) is 0 Å². The average molecular weight is 273 g/mol. The second-order valence-corrected chi connectivity index (χ2v) is 5.49. The molecular formula is C14H15N3OS. The first-order valence-corrected chi connectivity index (χ1v) is 7.37. The first kappa shape index (κ1) is 12.4. The number of anilines is 1. The van der Waals surface area contributed by atoms with Crippen molar-refractivity contribution in [1.82, 2.24) is 9.97 Å². The largest absolute Gasteiger partial charge is 0.384 e. The molecule has 2 aromatic rings. The molecule has 0 bridgehead atoms. The summed E-state index contributed by atoms with van der Waals surface area (Å²) in [6.07, 6.45) is -0.0512. The van der Waals surface area contributed by atoms with E-state index < -0.39 is 0 Å². The molecule has 2 N–H and O–H groups in total. The number of rotatable bonds is 2. The number of nitrogen functional groups attached to an aromatic ring is 1. The van der Waals surface area contributed by atoms with Crippen LogP contribution in [0.3, 0.4) is 0 Å². The van der Waals surface area contributed by atoms with Gasteiger partial charge in [0.1, 0.15) is 11.9 Å². The first-order valence-electron chi connectivity index (χ1n) is 6.22. The Bertz CT molecular complexity index is 556. The van der Waals surface area contributed by atoms with Gasteiger partial charge in [-0.15, -0.1) is 0 Å². The minimum absolute atomic E-state index is 0.0512. The molecule has 0 spiro atoms. The molecule has 0 saturated carbocycles. The van der Waals surface area contributed by atoms with Crippen molar-refractivity contribution < 1.29 is 4.74 Å². The number of ether oxygens (including phenoxy) is 1. The van der Waals surface area contributed by atoms with Crippen LogP contribution in [0.2, 0.25) is 0 Å². The number of nitrogens with two attached hydrogens (primary N) is 1. The molecule has 1 aliphatic heterocycles. The number of nitrogens with zero attached hydrogens (tertiary/aromatic N) is 2. The van der Waals surface area contributed by atoms with Crippen molar-refractivity contribution in [2.75, 3.05) is 23.8 Å². The molecule has 1 saturated heterocycles. The summed E-state index contributed by atoms with van der Waals surface area (Å²) in [7, 11) is 0. The smallest absolute Gasteiger partial charge is 0.160 e. The average Bonchev–Trinajstić information content (AvgIpc) is 2.48. The molecule has 1 unspecified atom stereocenters. The Morgan fingerprint density at radius 2 is 2.05 bits per heavy atom. The Morgan fingerprint density at radius 3 is 2.79 bits per heavy atom. The Labute approximate surface area is 116 Å². The molecule has 19 heavy (non-hydrogen) atoms. The van der Waals surface area contributed by atoms with Crippen molar-refractivity contribution in [3.63, 3.8) is 0 Å². The zero-order valence-corrected chi connectivity index (χ0v) is 11.3. The molecule has 0 radical (unpaired) electrons. The van der Waals surface area contributed by atoms with Gasteiger partial charge in [-0.1, -0.05) is 30.3 Å². The molecule has 98 valence electrons. The Hall–Kier alpha value is -1.59. The highest BCUT2D eigenvalue weighted by molar-refractivity contribution is 7.99. The van der Waals surface area contributed by atoms with Crippen LogP contribution in [-0.4, -0.2) is 28.1 Å². The molecule has 1 atom stereocenters. The highest BCUT2D eigenvalue weighted by Gasteiger charge is 2.20. The van der Waals surface area contributed by atoms with E-state index in [0.29, 0.717) is 11.6 Å². The number of benzene rings is 1. The Balaban J connectivity index is 1.96. The summed E-state index contributed by atoms with van der Waals surface area (Å²) in [5.41, 5.74) is 7.78. The molecule has 2 heterocycles. The van der Waals surface area contributed by atoms with E-state index in [2.05, 4.69) is 9.97 Å². The summed E-state index contributed by atoms with van der Waals surface area (Å²) in [6.45, 7) is 0.744. The van der Waals surface area contributed by atoms with Gasteiger partial charge in [-0.05, 0) is 0 Å². The molecule has 1 aliphatic rings. The summed E-state index contributed by atoms with van der Waals surface area (Å²) in [5.74, 6) is 3.09. The van der Waals surface area contributed by atoms with Gasteiger partial charge in [0.2, 0.25) is 0 Å². The van der Waals surface area contributed by atoms with Crippen LogP contribution in [0, 0.1) is 0 Å². The standard InChI is InChI=1S/C14H15N3OS/c15-13-8-11(10-4-2-1-3-5-10)16-14(17-13)12-9-19-7-6-18-12/h1-5,8,12H,6-7,9H2,(H2,15,16,17). The van der Waals surface area contributed by atoms with Crippen LogP contribution in [0.15, 0.2) is 36.4 Å². The predicted octanol–water partition coefficient (Wildman–Crippen LogP) is 2.53. The summed E-state index contributed by atoms with van der Waals surface area (Å²) in [5, 5.41) is 0. The second-order valence-electron chi connectivity index (χ2n) is 4.34. The van der Waals surface area contributed by atoms with Crippen LogP contribution in [0.5, 0.6) is 0 Å². The van der Waals surface area contributed by atoms with E-state index in [1.807, 2.05) is 42.1 Å². The van der Waals surface area contributed by atoms with Crippen molar-refractivity contribution in [2.45, 2.75) is 6.10 Å². The zero-order valence-electron chi connectivity index (χ0n) is 10.5. The van der Waals surface area contributed by atoms with Gasteiger partial charge < -0.3 is 10.5 Å². The van der Waals surface area contributed by atoms with Crippen molar-refractivity contribution in [3.05, 3.63) is 42.2 Å². The zero-order chi connectivity index (χ0) is 13.1. The summed E-state index contributed by atoms with van der Waals surface area (Å²) >= 11 is 1.86. The summed E-state index contributed by atoms with van der Waals surface area (Å²) in [4.78, 5) is 8.91. The summed E-state index contributed by atoms with van der Waals surface area (Å²) in [6, 6.07) is 11.8. The van der Waals surface area contributed by atoms with Gasteiger partial charge in [-0.3, -0.25) is 0 Å². The monoisotopic (exact) mass is 273 g/mol. The predicted molar refractivity (Wildman–Crippen MR) is 77.9 cm³/mol. The molecule has 0 aliphatic carbocycles. The van der Waals surface area contributed by atoms with E-state index >= 15 is 0 Å². The third kappa shape index (κ3) is 2.88. The van der Waals surface area contributed by atoms with E-state index in [0.717, 1.165) is 29.4 Å². The minimum atomic E-state index is -0.0512. The lowest BCUT2D eigenvalue weighted by Crippen LogP contribution is -2.18. The fourth-order valence-electron chi connectivity index (χ4n) is 2.02. The second kappa shape index (κ2) is 5.59. The van der Waals surface area contributed by atoms with Crippen LogP contribution >= 0.6 is 11.8 Å². The molecule has 1 aromatic carbocycles. The molecule has 3 rings (SSSR count). The quantitative estimate of drug-likeness (QED) is 0.911. The maximum Gasteiger partial charge on any atom is 0.160 e. The highest BCUT2D eigenvalue weighted by atomic mass is 32.2. The molecule has 4 nitrogen and oxygen atoms in total. The van der Waals surface area contributed by atoms with E-state index in [9.17, 15) is 0 Å². The molecule has 1 fully saturated rings.